The van der Waals surface area contributed by atoms with Gasteiger partial charge in [0.25, 0.3) is 0 Å². The van der Waals surface area contributed by atoms with E-state index < -0.39 is 35.8 Å². The van der Waals surface area contributed by atoms with Crippen molar-refractivity contribution in [2.24, 2.45) is 9.98 Å². The quantitative estimate of drug-likeness (QED) is 0.236. The van der Waals surface area contributed by atoms with Crippen LogP contribution in [0.2, 0.25) is 0 Å². The van der Waals surface area contributed by atoms with Crippen LogP contribution >= 0.6 is 0 Å². The van der Waals surface area contributed by atoms with Crippen LogP contribution in [0.5, 0.6) is 11.5 Å². The van der Waals surface area contributed by atoms with Gasteiger partial charge in [0.1, 0.15) is 0 Å². The van der Waals surface area contributed by atoms with Crippen LogP contribution in [0.4, 0.5) is 0 Å². The molecule has 2 saturated heterocycles. The smallest absolute Gasteiger partial charge is 0.872 e. The molecule has 2 aliphatic heterocycles. The second-order valence-corrected chi connectivity index (χ2v) is 16.5. The Hall–Kier alpha value is -3.80. The second-order valence-electron chi connectivity index (χ2n) is 16.5. The molecule has 0 spiro atoms. The zero-order valence-corrected chi connectivity index (χ0v) is 43.3. The number of piperidine rings is 2. The molecule has 4 rings (SSSR count). The van der Waals surface area contributed by atoms with Gasteiger partial charge in [-0.1, -0.05) is 48.5 Å². The molecule has 0 amide bonds. The molecule has 2 N–H and O–H groups in total. The molecule has 18 nitrogen and oxygen atoms in total. The Morgan fingerprint density at radius 3 is 0.773 bits per heavy atom. The number of carbonyl (C=O) groups excluding carboxylic acids is 6. The first-order valence-electron chi connectivity index (χ1n) is 19.2. The van der Waals surface area contributed by atoms with Crippen molar-refractivity contribution in [1.82, 2.24) is 10.6 Å². The number of aliphatic imine (C=N–C) groups is 2. The van der Waals surface area contributed by atoms with Gasteiger partial charge in [-0.25, -0.2) is 0 Å². The molecule has 0 unspecified atom stereocenters. The molecular weight excluding hydrogens is 1060 g/mol. The van der Waals surface area contributed by atoms with E-state index in [9.17, 15) is 10.2 Å². The van der Waals surface area contributed by atoms with Gasteiger partial charge in [-0.3, -0.25) is 9.98 Å². The summed E-state index contributed by atoms with van der Waals surface area (Å²) in [7, 11) is 0. The first kappa shape index (κ1) is 79.3. The van der Waals surface area contributed by atoms with Crippen molar-refractivity contribution in [2.45, 2.75) is 157 Å². The standard InChI is InChI=1S/2C16H24N2O.6C2H4O2.4Cu/c2*1-15(2)9-13(10-16(3,4)18-15)17-11-12-7-5-6-8-14(12)19;6*1-2(3)4;;;;/h2*5-8,11,13,18-19H,9-10H2,1-4H3;6*1H3,(H,3,4);;;;/q;;;;;;;;4*+2/p-8. The van der Waals surface area contributed by atoms with Gasteiger partial charge in [0, 0.05) is 70.4 Å². The number of benzene rings is 2. The van der Waals surface area contributed by atoms with Crippen molar-refractivity contribution in [1.29, 1.82) is 0 Å². The first-order valence-corrected chi connectivity index (χ1v) is 19.2. The van der Waals surface area contributed by atoms with Crippen LogP contribution in [0, 0.1) is 0 Å². The monoisotopic (exact) mass is 1120 g/mol. The Bertz CT molecular complexity index is 1520. The summed E-state index contributed by atoms with van der Waals surface area (Å²) in [6, 6.07) is 14.6. The van der Waals surface area contributed by atoms with Crippen LogP contribution in [0.15, 0.2) is 58.5 Å². The van der Waals surface area contributed by atoms with Gasteiger partial charge in [0.2, 0.25) is 0 Å². The summed E-state index contributed by atoms with van der Waals surface area (Å²) in [5.74, 6) is -6.42. The molecule has 2 aliphatic rings. The molecule has 22 heteroatoms. The number of aliphatic carboxylic acids is 6. The Morgan fingerprint density at radius 2 is 0.606 bits per heavy atom. The molecule has 0 saturated carbocycles. The zero-order valence-electron chi connectivity index (χ0n) is 39.6. The summed E-state index contributed by atoms with van der Waals surface area (Å²) in [6.07, 6.45) is 7.46. The number of rotatable bonds is 4. The van der Waals surface area contributed by atoms with Crippen LogP contribution in [0.25, 0.3) is 0 Å². The summed E-state index contributed by atoms with van der Waals surface area (Å²) in [5, 5.41) is 83.9. The molecule has 2 aromatic rings. The summed E-state index contributed by atoms with van der Waals surface area (Å²) in [4.78, 5) is 62.6. The topological polar surface area (TPSA) is 336 Å². The minimum Gasteiger partial charge on any atom is -0.872 e. The summed E-state index contributed by atoms with van der Waals surface area (Å²) in [6.45, 7) is 23.5. The van der Waals surface area contributed by atoms with Crippen molar-refractivity contribution in [2.75, 3.05) is 0 Å². The van der Waals surface area contributed by atoms with Gasteiger partial charge < -0.3 is 80.3 Å². The van der Waals surface area contributed by atoms with Crippen molar-refractivity contribution < 1.29 is 138 Å². The first-order chi connectivity index (χ1) is 27.9. The Kier molecular flexibility index (Phi) is 48.4. The maximum atomic E-state index is 11.6. The van der Waals surface area contributed by atoms with Crippen LogP contribution in [0.1, 0.15) is 134 Å². The van der Waals surface area contributed by atoms with E-state index in [1.165, 1.54) is 0 Å². The van der Waals surface area contributed by atoms with E-state index in [0.717, 1.165) is 67.2 Å². The number of nitrogens with zero attached hydrogens (tertiary/aromatic N) is 2. The van der Waals surface area contributed by atoms with Crippen LogP contribution in [-0.4, -0.2) is 82.5 Å². The Balaban J connectivity index is -0.000000110. The molecule has 2 fully saturated rings. The van der Waals surface area contributed by atoms with Crippen molar-refractivity contribution in [3.8, 4) is 11.5 Å². The van der Waals surface area contributed by atoms with E-state index in [0.29, 0.717) is 11.1 Å². The minimum absolute atomic E-state index is 0. The van der Waals surface area contributed by atoms with Crippen molar-refractivity contribution in [3.05, 3.63) is 59.7 Å². The third-order valence-electron chi connectivity index (χ3n) is 7.02. The van der Waals surface area contributed by atoms with Gasteiger partial charge in [0.05, 0.1) is 12.1 Å². The molecule has 0 bridgehead atoms. The van der Waals surface area contributed by atoms with Gasteiger partial charge in [0.15, 0.2) is 0 Å². The maximum Gasteiger partial charge on any atom is 2.00 e. The number of carbonyl (C=O) groups is 6. The number of carboxylic acids is 6. The average Bonchev–Trinajstić information content (AvgIpc) is 3.00. The third-order valence-corrected chi connectivity index (χ3v) is 7.02. The fraction of sp³-hybridized carbons (Fsp3) is 0.545. The number of carboxylic acid groups (broad SMARTS) is 6. The van der Waals surface area contributed by atoms with Gasteiger partial charge in [-0.2, -0.15) is 0 Å². The molecule has 2 heterocycles. The molecule has 0 aromatic heterocycles. The largest absolute Gasteiger partial charge is 2.00 e. The number of nitrogens with one attached hydrogen (secondary N) is 2. The predicted octanol–water partition coefficient (Wildman–Crippen LogP) is -2.50. The van der Waals surface area contributed by atoms with Crippen LogP contribution in [-0.2, 0) is 97.0 Å². The zero-order chi connectivity index (χ0) is 49.7. The van der Waals surface area contributed by atoms with Crippen molar-refractivity contribution in [3.63, 3.8) is 0 Å². The molecule has 66 heavy (non-hydrogen) atoms. The molecule has 4 radical (unpaired) electrons. The van der Waals surface area contributed by atoms with Crippen molar-refractivity contribution >= 4 is 48.2 Å². The Morgan fingerprint density at radius 1 is 0.439 bits per heavy atom. The third kappa shape index (κ3) is 58.2. The van der Waals surface area contributed by atoms with Gasteiger partial charge in [-0.05, 0) is 134 Å². The van der Waals surface area contributed by atoms with E-state index in [4.69, 9.17) is 59.4 Å². The van der Waals surface area contributed by atoms with E-state index >= 15 is 0 Å². The fourth-order valence-electron chi connectivity index (χ4n) is 6.29. The average molecular weight is 1130 g/mol. The number of hydrogen-bond acceptors (Lipinski definition) is 18. The van der Waals surface area contributed by atoms with Gasteiger partial charge in [-0.15, -0.1) is 11.5 Å². The van der Waals surface area contributed by atoms with E-state index in [-0.39, 0.29) is 114 Å². The maximum absolute atomic E-state index is 11.6. The van der Waals surface area contributed by atoms with Gasteiger partial charge >= 0.3 is 68.3 Å². The van der Waals surface area contributed by atoms with E-state index in [2.05, 4.69) is 76.0 Å². The van der Waals surface area contributed by atoms with Crippen LogP contribution < -0.4 is 51.5 Å². The molecule has 2 aromatic carbocycles. The SMILES string of the molecule is CC(=O)[O-].CC(=O)[O-].CC(=O)[O-].CC(=O)[O-].CC(=O)[O-].CC(=O)[O-].CC1(C)CC(N=Cc2ccccc2[O-])CC(C)(C)N1.CC1(C)CC(N=Cc2ccccc2[O-])CC(C)(C)N1.[Cu+2].[Cu+2].[Cu+2].[Cu+2]. The summed E-state index contributed by atoms with van der Waals surface area (Å²) < 4.78 is 0. The minimum atomic E-state index is -1.08. The second kappa shape index (κ2) is 40.3. The predicted molar refractivity (Wildman–Crippen MR) is 220 cm³/mol. The molecule has 0 aliphatic carbocycles. The Labute approximate surface area is 432 Å². The number of para-hydroxylation sites is 2. The molecular formula is C44H64Cu4N4O14. The fourth-order valence-corrected chi connectivity index (χ4v) is 6.29. The van der Waals surface area contributed by atoms with Crippen LogP contribution in [0.3, 0.4) is 0 Å². The summed E-state index contributed by atoms with van der Waals surface area (Å²) in [5.41, 5.74) is 1.69. The van der Waals surface area contributed by atoms with E-state index in [1.807, 2.05) is 24.3 Å². The number of hydrogen-bond donors (Lipinski definition) is 2. The molecule has 0 atom stereocenters. The normalized spacial score (nSPS) is 15.4. The summed E-state index contributed by atoms with van der Waals surface area (Å²) >= 11 is 0. The molecule has 388 valence electrons. The van der Waals surface area contributed by atoms with E-state index in [1.54, 1.807) is 36.7 Å².